The highest BCUT2D eigenvalue weighted by atomic mass is 16.5. The summed E-state index contributed by atoms with van der Waals surface area (Å²) in [5.41, 5.74) is 8.05. The van der Waals surface area contributed by atoms with Crippen LogP contribution in [0, 0.1) is 12.8 Å². The minimum atomic E-state index is -0.0274. The second-order valence-corrected chi connectivity index (χ2v) is 4.07. The first-order chi connectivity index (χ1) is 7.57. The Labute approximate surface area is 96.6 Å². The summed E-state index contributed by atoms with van der Waals surface area (Å²) in [5, 5.41) is 0. The number of nitrogens with two attached hydrogens (primary N) is 1. The van der Waals surface area contributed by atoms with E-state index >= 15 is 0 Å². The van der Waals surface area contributed by atoms with E-state index in [1.54, 1.807) is 7.11 Å². The lowest BCUT2D eigenvalue weighted by atomic mass is 9.93. The van der Waals surface area contributed by atoms with Crippen LogP contribution in [0.1, 0.15) is 29.3 Å². The molecule has 0 saturated carbocycles. The number of benzene rings is 1. The van der Waals surface area contributed by atoms with Crippen LogP contribution in [0.3, 0.4) is 0 Å². The van der Waals surface area contributed by atoms with Gasteiger partial charge in [0, 0.05) is 30.9 Å². The van der Waals surface area contributed by atoms with Gasteiger partial charge in [-0.2, -0.15) is 0 Å². The van der Waals surface area contributed by atoms with Gasteiger partial charge >= 0.3 is 0 Å². The molecule has 3 heteroatoms. The van der Waals surface area contributed by atoms with Gasteiger partial charge in [-0.1, -0.05) is 19.1 Å². The number of carbonyl (C=O) groups is 1. The summed E-state index contributed by atoms with van der Waals surface area (Å²) in [6.45, 7) is 4.41. The molecule has 1 atom stereocenters. The van der Waals surface area contributed by atoms with Crippen LogP contribution in [0.15, 0.2) is 18.2 Å². The highest BCUT2D eigenvalue weighted by Gasteiger charge is 2.17. The van der Waals surface area contributed by atoms with E-state index in [2.05, 4.69) is 0 Å². The average molecular weight is 221 g/mol. The first-order valence-electron chi connectivity index (χ1n) is 5.46. The molecule has 1 aromatic rings. The zero-order valence-corrected chi connectivity index (χ0v) is 10.1. The van der Waals surface area contributed by atoms with Crippen molar-refractivity contribution in [3.8, 4) is 0 Å². The molecular weight excluding hydrogens is 202 g/mol. The molecule has 0 radical (unpaired) electrons. The summed E-state index contributed by atoms with van der Waals surface area (Å²) in [6.07, 6.45) is 0.740. The number of methoxy groups -OCH3 is 1. The van der Waals surface area contributed by atoms with Gasteiger partial charge in [0.1, 0.15) is 0 Å². The van der Waals surface area contributed by atoms with Crippen LogP contribution >= 0.6 is 0 Å². The second-order valence-electron chi connectivity index (χ2n) is 4.07. The van der Waals surface area contributed by atoms with Crippen molar-refractivity contribution in [3.63, 3.8) is 0 Å². The molecular formula is C13H19NO2. The van der Waals surface area contributed by atoms with Crippen LogP contribution in [0.4, 0.5) is 5.69 Å². The minimum absolute atomic E-state index is 0.0274. The number of nitrogen functional groups attached to an aromatic ring is 1. The lowest BCUT2D eigenvalue weighted by molar-refractivity contribution is 0.0893. The molecule has 0 saturated heterocycles. The van der Waals surface area contributed by atoms with Gasteiger partial charge in [0.05, 0.1) is 0 Å². The monoisotopic (exact) mass is 221 g/mol. The molecule has 1 aromatic carbocycles. The number of rotatable bonds is 5. The molecule has 0 heterocycles. The van der Waals surface area contributed by atoms with Gasteiger partial charge < -0.3 is 10.5 Å². The Morgan fingerprint density at radius 3 is 2.81 bits per heavy atom. The summed E-state index contributed by atoms with van der Waals surface area (Å²) in [6, 6.07) is 5.46. The van der Waals surface area contributed by atoms with Crippen LogP contribution in [-0.2, 0) is 4.74 Å². The molecule has 1 rings (SSSR count). The number of hydrogen-bond donors (Lipinski definition) is 1. The smallest absolute Gasteiger partial charge is 0.166 e. The van der Waals surface area contributed by atoms with E-state index in [9.17, 15) is 4.79 Å². The van der Waals surface area contributed by atoms with Crippen molar-refractivity contribution in [3.05, 3.63) is 29.3 Å². The number of ketones is 1. The lowest BCUT2D eigenvalue weighted by Gasteiger charge is -2.12. The summed E-state index contributed by atoms with van der Waals surface area (Å²) >= 11 is 0. The first-order valence-corrected chi connectivity index (χ1v) is 5.46. The number of carbonyl (C=O) groups excluding carboxylic acids is 1. The molecule has 0 aliphatic heterocycles. The van der Waals surface area contributed by atoms with Crippen LogP contribution in [0.2, 0.25) is 0 Å². The fourth-order valence-electron chi connectivity index (χ4n) is 1.61. The van der Waals surface area contributed by atoms with E-state index in [1.165, 1.54) is 0 Å². The third-order valence-corrected chi connectivity index (χ3v) is 2.84. The molecule has 2 N–H and O–H groups in total. The third kappa shape index (κ3) is 2.83. The van der Waals surface area contributed by atoms with Crippen LogP contribution < -0.4 is 5.73 Å². The third-order valence-electron chi connectivity index (χ3n) is 2.84. The quantitative estimate of drug-likeness (QED) is 0.613. The number of anilines is 1. The molecule has 0 aliphatic carbocycles. The van der Waals surface area contributed by atoms with Gasteiger partial charge in [-0.05, 0) is 25.0 Å². The molecule has 0 bridgehead atoms. The van der Waals surface area contributed by atoms with E-state index in [0.717, 1.165) is 17.5 Å². The second kappa shape index (κ2) is 5.66. The van der Waals surface area contributed by atoms with E-state index in [4.69, 9.17) is 10.5 Å². The number of ether oxygens (including phenoxy) is 1. The SMILES string of the molecule is COCCC(C)C(=O)c1cccc(N)c1C. The predicted octanol–water partition coefficient (Wildman–Crippen LogP) is 2.43. The summed E-state index contributed by atoms with van der Waals surface area (Å²) in [7, 11) is 1.64. The van der Waals surface area contributed by atoms with Crippen molar-refractivity contribution >= 4 is 11.5 Å². The Kier molecular flexibility index (Phi) is 4.50. The molecule has 16 heavy (non-hydrogen) atoms. The maximum Gasteiger partial charge on any atom is 0.166 e. The lowest BCUT2D eigenvalue weighted by Crippen LogP contribution is -2.15. The zero-order chi connectivity index (χ0) is 12.1. The number of Topliss-reactive ketones (excluding diaryl/α,β-unsaturated/α-hetero) is 1. The topological polar surface area (TPSA) is 52.3 Å². The highest BCUT2D eigenvalue weighted by molar-refractivity contribution is 5.99. The summed E-state index contributed by atoms with van der Waals surface area (Å²) < 4.78 is 4.98. The number of hydrogen-bond acceptors (Lipinski definition) is 3. The average Bonchev–Trinajstić information content (AvgIpc) is 2.28. The molecule has 0 aromatic heterocycles. The van der Waals surface area contributed by atoms with Gasteiger partial charge in [0.25, 0.3) is 0 Å². The molecule has 3 nitrogen and oxygen atoms in total. The first kappa shape index (κ1) is 12.7. The Morgan fingerprint density at radius 2 is 2.19 bits per heavy atom. The van der Waals surface area contributed by atoms with E-state index in [1.807, 2.05) is 32.0 Å². The van der Waals surface area contributed by atoms with Crippen LogP contribution in [0.25, 0.3) is 0 Å². The fourth-order valence-corrected chi connectivity index (χ4v) is 1.61. The summed E-state index contributed by atoms with van der Waals surface area (Å²) in [4.78, 5) is 12.1. The minimum Gasteiger partial charge on any atom is -0.398 e. The molecule has 0 fully saturated rings. The molecule has 88 valence electrons. The molecule has 0 spiro atoms. The van der Waals surface area contributed by atoms with E-state index < -0.39 is 0 Å². The predicted molar refractivity (Wildman–Crippen MR) is 65.6 cm³/mol. The molecule has 0 aliphatic rings. The zero-order valence-electron chi connectivity index (χ0n) is 10.1. The molecule has 0 amide bonds. The highest BCUT2D eigenvalue weighted by Crippen LogP contribution is 2.20. The maximum atomic E-state index is 12.1. The van der Waals surface area contributed by atoms with Crippen molar-refractivity contribution in [2.45, 2.75) is 20.3 Å². The van der Waals surface area contributed by atoms with Crippen molar-refractivity contribution in [2.24, 2.45) is 5.92 Å². The van der Waals surface area contributed by atoms with Crippen molar-refractivity contribution in [1.29, 1.82) is 0 Å². The van der Waals surface area contributed by atoms with Crippen molar-refractivity contribution < 1.29 is 9.53 Å². The molecule has 1 unspecified atom stereocenters. The Bertz CT molecular complexity index is 374. The fraction of sp³-hybridized carbons (Fsp3) is 0.462. The van der Waals surface area contributed by atoms with E-state index in [0.29, 0.717) is 12.3 Å². The van der Waals surface area contributed by atoms with Crippen LogP contribution in [-0.4, -0.2) is 19.5 Å². The Hall–Kier alpha value is -1.35. The van der Waals surface area contributed by atoms with Gasteiger partial charge in [-0.15, -0.1) is 0 Å². The Balaban J connectivity index is 2.84. The Morgan fingerprint density at radius 1 is 1.50 bits per heavy atom. The van der Waals surface area contributed by atoms with Crippen molar-refractivity contribution in [1.82, 2.24) is 0 Å². The van der Waals surface area contributed by atoms with Gasteiger partial charge in [0.2, 0.25) is 0 Å². The summed E-state index contributed by atoms with van der Waals surface area (Å²) in [5.74, 6) is 0.113. The standard InChI is InChI=1S/C13H19NO2/c1-9(7-8-16-3)13(15)11-5-4-6-12(14)10(11)2/h4-6,9H,7-8,14H2,1-3H3. The van der Waals surface area contributed by atoms with Gasteiger partial charge in [0.15, 0.2) is 5.78 Å². The van der Waals surface area contributed by atoms with Gasteiger partial charge in [-0.25, -0.2) is 0 Å². The van der Waals surface area contributed by atoms with Gasteiger partial charge in [-0.3, -0.25) is 4.79 Å². The van der Waals surface area contributed by atoms with Crippen LogP contribution in [0.5, 0.6) is 0 Å². The largest absolute Gasteiger partial charge is 0.398 e. The normalized spacial score (nSPS) is 12.4. The van der Waals surface area contributed by atoms with E-state index in [-0.39, 0.29) is 11.7 Å². The van der Waals surface area contributed by atoms with Crippen molar-refractivity contribution in [2.75, 3.05) is 19.5 Å². The maximum absolute atomic E-state index is 12.1.